The van der Waals surface area contributed by atoms with E-state index in [0.717, 1.165) is 61.8 Å². The lowest BCUT2D eigenvalue weighted by molar-refractivity contribution is -0.228. The number of nitrogens with one attached hydrogen (secondary N) is 2. The first-order chi connectivity index (χ1) is 34.4. The van der Waals surface area contributed by atoms with Crippen LogP contribution in [-0.2, 0) is 56.5 Å². The number of carbonyl (C=O) groups is 6. The molecule has 0 fully saturated rings. The van der Waals surface area contributed by atoms with E-state index in [2.05, 4.69) is 31.1 Å². The van der Waals surface area contributed by atoms with Gasteiger partial charge in [-0.2, -0.15) is 0 Å². The molecule has 1 heterocycles. The van der Waals surface area contributed by atoms with Gasteiger partial charge in [-0.1, -0.05) is 200 Å². The van der Waals surface area contributed by atoms with Crippen LogP contribution >= 0.6 is 7.82 Å². The number of phosphoric acid groups is 1. The first kappa shape index (κ1) is 65.2. The summed E-state index contributed by atoms with van der Waals surface area (Å²) >= 11 is 0. The van der Waals surface area contributed by atoms with Crippen molar-refractivity contribution in [2.24, 2.45) is 0 Å². The molecule has 0 saturated carbocycles. The van der Waals surface area contributed by atoms with Crippen LogP contribution in [0.25, 0.3) is 0 Å². The minimum Gasteiger partial charge on any atom is -0.756 e. The van der Waals surface area contributed by atoms with E-state index >= 15 is 0 Å². The third-order valence-corrected chi connectivity index (χ3v) is 13.1. The maximum Gasteiger partial charge on any atom is 0.410 e. The van der Waals surface area contributed by atoms with Crippen LogP contribution in [0, 0.1) is 0 Å². The molecule has 1 aliphatic heterocycles. The second-order valence-electron chi connectivity index (χ2n) is 18.6. The third kappa shape index (κ3) is 39.4. The van der Waals surface area contributed by atoms with Gasteiger partial charge in [0.05, 0.1) is 26.0 Å². The Morgan fingerprint density at radius 3 is 1.49 bits per heavy atom. The van der Waals surface area contributed by atoms with Gasteiger partial charge in [-0.05, 0) is 12.8 Å². The van der Waals surface area contributed by atoms with Gasteiger partial charge in [0, 0.05) is 44.5 Å². The second kappa shape index (κ2) is 44.9. The Balaban J connectivity index is 2.47. The lowest BCUT2D eigenvalue weighted by Gasteiger charge is -2.25. The summed E-state index contributed by atoms with van der Waals surface area (Å²) in [6, 6.07) is 0. The van der Waals surface area contributed by atoms with Gasteiger partial charge in [0.25, 0.3) is 25.9 Å². The molecule has 1 rings (SSSR count). The molecule has 0 aromatic heterocycles. The van der Waals surface area contributed by atoms with Crippen LogP contribution in [0.5, 0.6) is 0 Å². The van der Waals surface area contributed by atoms with Crippen LogP contribution in [0.1, 0.15) is 226 Å². The van der Waals surface area contributed by atoms with E-state index in [9.17, 15) is 38.2 Å². The van der Waals surface area contributed by atoms with E-state index in [-0.39, 0.29) is 45.5 Å². The molecule has 0 aromatic rings. The Morgan fingerprint density at radius 1 is 0.606 bits per heavy atom. The highest BCUT2D eigenvalue weighted by molar-refractivity contribution is 7.45. The Kier molecular flexibility index (Phi) is 41.2. The van der Waals surface area contributed by atoms with Crippen molar-refractivity contribution in [3.8, 4) is 0 Å². The van der Waals surface area contributed by atoms with E-state index in [1.807, 2.05) is 0 Å². The average Bonchev–Trinajstić information content (AvgIpc) is 3.67. The molecule has 71 heavy (non-hydrogen) atoms. The predicted octanol–water partition coefficient (Wildman–Crippen LogP) is 11.1. The highest BCUT2D eigenvalue weighted by Crippen LogP contribution is 2.38. The first-order valence-corrected chi connectivity index (χ1v) is 28.8. The van der Waals surface area contributed by atoms with E-state index in [4.69, 9.17) is 28.0 Å². The number of nitrogens with zero attached hydrogens (tertiary/aromatic N) is 1. The maximum atomic E-state index is 12.8. The summed E-state index contributed by atoms with van der Waals surface area (Å²) in [6.45, 7) is 5.49. The smallest absolute Gasteiger partial charge is 0.410 e. The molecule has 0 saturated heterocycles. The largest absolute Gasteiger partial charge is 0.756 e. The Hall–Kier alpha value is -3.79. The van der Waals surface area contributed by atoms with E-state index in [0.29, 0.717) is 12.8 Å². The number of phosphoric ester groups is 1. The number of ether oxygens (including phenoxy) is 4. The fraction of sp³-hybridized carbons (Fsp3) is 0.811. The molecule has 0 bridgehead atoms. The average molecular weight is 1030 g/mol. The highest BCUT2D eigenvalue weighted by Gasteiger charge is 2.25. The Bertz CT molecular complexity index is 1510. The molecule has 0 radical (unpaired) electrons. The molecule has 0 aromatic carbocycles. The molecular formula is C53H93N3O14P-. The SMILES string of the molecule is C=COC(CNC(=O)CCN1C(=O)C=CC1=O)OC(=O)NCCOP(=O)([O-])OC[C@@H](COC(=O)CCCCCCCCCCCCCCCCC)OC(=O)CCCCCCCCCCCCCCCCC. The number of carbonyl (C=O) groups excluding carboxylic acids is 6. The quantitative estimate of drug-likeness (QED) is 0.0110. The van der Waals surface area contributed by atoms with E-state index in [1.165, 1.54) is 141 Å². The Labute approximate surface area is 426 Å². The number of hydrogen-bond donors (Lipinski definition) is 2. The van der Waals surface area contributed by atoms with Gasteiger partial charge in [-0.25, -0.2) is 4.79 Å². The minimum atomic E-state index is -4.99. The van der Waals surface area contributed by atoms with Gasteiger partial charge in [-0.3, -0.25) is 33.4 Å². The zero-order valence-corrected chi connectivity index (χ0v) is 44.7. The zero-order chi connectivity index (χ0) is 52.1. The standard InChI is InChI=1S/C53H94N3O14P/c1-4-7-9-11-13-15-17-19-21-23-25-27-29-31-33-35-50(60)66-44-46(69-51(61)36-34-32-30-28-26-24-22-20-18-16-14-12-10-8-5-2)45-68-71(63,64)67-42-40-54-53(62)70-52(65-6-3)43-55-47(57)39-41-56-48(58)37-38-49(56)59/h6,37-38,46,52H,3-5,7-36,39-45H2,1-2H3,(H,54,62)(H,55,57)(H,63,64)/p-1/t46-,52?/m1/s1. The van der Waals surface area contributed by atoms with Crippen molar-refractivity contribution in [2.75, 3.05) is 39.5 Å². The molecule has 17 nitrogen and oxygen atoms in total. The summed E-state index contributed by atoms with van der Waals surface area (Å²) in [5.41, 5.74) is 0. The zero-order valence-electron chi connectivity index (χ0n) is 43.8. The molecule has 410 valence electrons. The van der Waals surface area contributed by atoms with E-state index < -0.39 is 69.2 Å². The van der Waals surface area contributed by atoms with Crippen LogP contribution in [-0.4, -0.2) is 92.5 Å². The fourth-order valence-corrected chi connectivity index (χ4v) is 8.70. The molecule has 4 amide bonds. The first-order valence-electron chi connectivity index (χ1n) is 27.4. The number of unbranched alkanes of at least 4 members (excludes halogenated alkanes) is 28. The summed E-state index contributed by atoms with van der Waals surface area (Å²) in [7, 11) is -4.99. The second-order valence-corrected chi connectivity index (χ2v) is 20.0. The lowest BCUT2D eigenvalue weighted by atomic mass is 10.0. The van der Waals surface area contributed by atoms with Gasteiger partial charge < -0.3 is 43.5 Å². The Morgan fingerprint density at radius 2 is 1.04 bits per heavy atom. The highest BCUT2D eigenvalue weighted by atomic mass is 31.2. The van der Waals surface area contributed by atoms with Crippen molar-refractivity contribution in [1.82, 2.24) is 15.5 Å². The molecule has 1 aliphatic rings. The van der Waals surface area contributed by atoms with Gasteiger partial charge in [-0.15, -0.1) is 0 Å². The number of rotatable bonds is 50. The molecule has 0 aliphatic carbocycles. The molecule has 0 spiro atoms. The van der Waals surface area contributed by atoms with Crippen molar-refractivity contribution in [1.29, 1.82) is 0 Å². The van der Waals surface area contributed by atoms with Crippen molar-refractivity contribution in [2.45, 2.75) is 238 Å². The monoisotopic (exact) mass is 1030 g/mol. The van der Waals surface area contributed by atoms with Crippen LogP contribution in [0.2, 0.25) is 0 Å². The summed E-state index contributed by atoms with van der Waals surface area (Å²) in [5, 5.41) is 4.74. The molecule has 2 unspecified atom stereocenters. The molecule has 2 N–H and O–H groups in total. The molecular weight excluding hydrogens is 934 g/mol. The summed E-state index contributed by atoms with van der Waals surface area (Å²) in [4.78, 5) is 87.0. The van der Waals surface area contributed by atoms with E-state index in [1.54, 1.807) is 0 Å². The molecule has 18 heteroatoms. The van der Waals surface area contributed by atoms with Crippen molar-refractivity contribution in [3.63, 3.8) is 0 Å². The topological polar surface area (TPSA) is 225 Å². The van der Waals surface area contributed by atoms with Crippen molar-refractivity contribution in [3.05, 3.63) is 25.0 Å². The minimum absolute atomic E-state index is 0.126. The summed E-state index contributed by atoms with van der Waals surface area (Å²) in [5.74, 6) is -2.63. The number of alkyl carbamates (subject to hydrolysis) is 1. The third-order valence-electron chi connectivity index (χ3n) is 12.2. The number of hydrogen-bond acceptors (Lipinski definition) is 14. The number of esters is 2. The summed E-state index contributed by atoms with van der Waals surface area (Å²) < 4.78 is 43.7. The normalized spacial score (nSPS) is 13.9. The lowest BCUT2D eigenvalue weighted by Crippen LogP contribution is -2.40. The predicted molar refractivity (Wildman–Crippen MR) is 272 cm³/mol. The number of amides is 4. The molecule has 3 atom stereocenters. The maximum absolute atomic E-state index is 12.8. The van der Waals surface area contributed by atoms with Crippen LogP contribution in [0.4, 0.5) is 4.79 Å². The fourth-order valence-electron chi connectivity index (χ4n) is 7.96. The van der Waals surface area contributed by atoms with Gasteiger partial charge in [0.1, 0.15) is 6.61 Å². The van der Waals surface area contributed by atoms with Gasteiger partial charge in [0.2, 0.25) is 5.91 Å². The van der Waals surface area contributed by atoms with Crippen molar-refractivity contribution < 1.29 is 66.2 Å². The number of imide groups is 1. The van der Waals surface area contributed by atoms with Crippen LogP contribution in [0.15, 0.2) is 25.0 Å². The van der Waals surface area contributed by atoms with Gasteiger partial charge >= 0.3 is 18.0 Å². The van der Waals surface area contributed by atoms with Crippen LogP contribution in [0.3, 0.4) is 0 Å². The summed E-state index contributed by atoms with van der Waals surface area (Å²) in [6.07, 6.45) is 35.6. The van der Waals surface area contributed by atoms with Gasteiger partial charge in [0.15, 0.2) is 6.10 Å². The van der Waals surface area contributed by atoms with Crippen molar-refractivity contribution >= 4 is 43.6 Å². The van der Waals surface area contributed by atoms with Crippen LogP contribution < -0.4 is 15.5 Å².